The van der Waals surface area contributed by atoms with Gasteiger partial charge in [0, 0.05) is 5.02 Å². The molecule has 0 N–H and O–H groups in total. The fourth-order valence-electron chi connectivity index (χ4n) is 1.80. The zero-order chi connectivity index (χ0) is 15.9. The van der Waals surface area contributed by atoms with Gasteiger partial charge < -0.3 is 9.47 Å². The van der Waals surface area contributed by atoms with Crippen LogP contribution in [0.1, 0.15) is 33.2 Å². The number of benzene rings is 2. The van der Waals surface area contributed by atoms with Gasteiger partial charge in [0.15, 0.2) is 0 Å². The van der Waals surface area contributed by atoms with E-state index in [4.69, 9.17) is 21.1 Å². The first-order valence-corrected chi connectivity index (χ1v) is 7.16. The van der Waals surface area contributed by atoms with Crippen LogP contribution in [0.4, 0.5) is 0 Å². The number of carbonyl (C=O) groups is 2. The maximum Gasteiger partial charge on any atom is 0.338 e. The van der Waals surface area contributed by atoms with E-state index in [1.807, 2.05) is 0 Å². The number of carbonyl (C=O) groups excluding carboxylic acids is 2. The predicted octanol–water partition coefficient (Wildman–Crippen LogP) is 3.87. The third kappa shape index (κ3) is 4.33. The average molecular weight is 319 g/mol. The lowest BCUT2D eigenvalue weighted by atomic mass is 10.1. The summed E-state index contributed by atoms with van der Waals surface area (Å²) >= 11 is 5.83. The van der Waals surface area contributed by atoms with Gasteiger partial charge in [0.1, 0.15) is 6.61 Å². The number of esters is 2. The molecule has 0 unspecified atom stereocenters. The van der Waals surface area contributed by atoms with Crippen LogP contribution >= 0.6 is 11.6 Å². The minimum absolute atomic E-state index is 0.119. The van der Waals surface area contributed by atoms with Crippen molar-refractivity contribution in [2.45, 2.75) is 13.5 Å². The van der Waals surface area contributed by atoms with Crippen LogP contribution in [0.5, 0.6) is 0 Å². The Hall–Kier alpha value is -2.33. The van der Waals surface area contributed by atoms with Gasteiger partial charge in [-0.1, -0.05) is 29.8 Å². The van der Waals surface area contributed by atoms with Crippen molar-refractivity contribution in [2.24, 2.45) is 0 Å². The maximum atomic E-state index is 11.9. The molecule has 22 heavy (non-hydrogen) atoms. The molecule has 0 heterocycles. The lowest BCUT2D eigenvalue weighted by Gasteiger charge is -2.06. The zero-order valence-electron chi connectivity index (χ0n) is 12.0. The Kier molecular flexibility index (Phi) is 5.55. The summed E-state index contributed by atoms with van der Waals surface area (Å²) in [7, 11) is 0. The van der Waals surface area contributed by atoms with Crippen LogP contribution in [0, 0.1) is 0 Å². The highest BCUT2D eigenvalue weighted by molar-refractivity contribution is 6.30. The van der Waals surface area contributed by atoms with Crippen LogP contribution in [0.25, 0.3) is 0 Å². The van der Waals surface area contributed by atoms with Gasteiger partial charge in [-0.3, -0.25) is 0 Å². The molecule has 0 spiro atoms. The van der Waals surface area contributed by atoms with Crippen LogP contribution in [-0.2, 0) is 16.1 Å². The van der Waals surface area contributed by atoms with Crippen molar-refractivity contribution in [1.29, 1.82) is 0 Å². The molecule has 0 radical (unpaired) electrons. The summed E-state index contributed by atoms with van der Waals surface area (Å²) < 4.78 is 10.1. The molecule has 114 valence electrons. The first kappa shape index (κ1) is 16.0. The molecule has 0 aromatic heterocycles. The molecule has 4 nitrogen and oxygen atoms in total. The van der Waals surface area contributed by atoms with Gasteiger partial charge in [0.2, 0.25) is 0 Å². The molecule has 0 saturated carbocycles. The van der Waals surface area contributed by atoms with Crippen molar-refractivity contribution < 1.29 is 19.1 Å². The summed E-state index contributed by atoms with van der Waals surface area (Å²) in [6, 6.07) is 13.3. The SMILES string of the molecule is CCOC(=O)c1ccc(COC(=O)c2cccc(Cl)c2)cc1. The average Bonchev–Trinajstić information content (AvgIpc) is 2.53. The van der Waals surface area contributed by atoms with Gasteiger partial charge in [0.25, 0.3) is 0 Å². The van der Waals surface area contributed by atoms with E-state index in [-0.39, 0.29) is 12.6 Å². The molecule has 2 aromatic carbocycles. The number of hydrogen-bond acceptors (Lipinski definition) is 4. The minimum atomic E-state index is -0.447. The van der Waals surface area contributed by atoms with E-state index in [0.29, 0.717) is 22.8 Å². The second kappa shape index (κ2) is 7.61. The molecule has 0 atom stereocenters. The molecule has 0 aliphatic carbocycles. The molecule has 0 saturated heterocycles. The Labute approximate surface area is 133 Å². The Balaban J connectivity index is 1.94. The molecular formula is C17H15ClO4. The van der Waals surface area contributed by atoms with E-state index in [1.54, 1.807) is 55.5 Å². The van der Waals surface area contributed by atoms with Gasteiger partial charge in [-0.15, -0.1) is 0 Å². The minimum Gasteiger partial charge on any atom is -0.462 e. The standard InChI is InChI=1S/C17H15ClO4/c1-2-21-16(19)13-8-6-12(7-9-13)11-22-17(20)14-4-3-5-15(18)10-14/h3-10H,2,11H2,1H3. The lowest BCUT2D eigenvalue weighted by Crippen LogP contribution is -2.06. The van der Waals surface area contributed by atoms with Crippen LogP contribution in [0.2, 0.25) is 5.02 Å². The molecule has 0 aliphatic rings. The van der Waals surface area contributed by atoms with E-state index in [1.165, 1.54) is 0 Å². The number of ether oxygens (including phenoxy) is 2. The van der Waals surface area contributed by atoms with Crippen molar-refractivity contribution in [3.8, 4) is 0 Å². The van der Waals surface area contributed by atoms with Crippen LogP contribution in [-0.4, -0.2) is 18.5 Å². The van der Waals surface area contributed by atoms with Crippen molar-refractivity contribution in [2.75, 3.05) is 6.61 Å². The molecule has 0 fully saturated rings. The number of rotatable bonds is 5. The van der Waals surface area contributed by atoms with E-state index in [9.17, 15) is 9.59 Å². The molecule has 5 heteroatoms. The van der Waals surface area contributed by atoms with Crippen LogP contribution in [0.3, 0.4) is 0 Å². The highest BCUT2D eigenvalue weighted by Gasteiger charge is 2.09. The van der Waals surface area contributed by atoms with Crippen LogP contribution in [0.15, 0.2) is 48.5 Å². The summed E-state index contributed by atoms with van der Waals surface area (Å²) in [6.07, 6.45) is 0. The van der Waals surface area contributed by atoms with E-state index in [0.717, 1.165) is 5.56 Å². The second-order valence-electron chi connectivity index (χ2n) is 4.50. The Bertz CT molecular complexity index is 665. The molecular weight excluding hydrogens is 304 g/mol. The third-order valence-corrected chi connectivity index (χ3v) is 3.13. The second-order valence-corrected chi connectivity index (χ2v) is 4.94. The normalized spacial score (nSPS) is 10.1. The number of halogens is 1. The summed E-state index contributed by atoms with van der Waals surface area (Å²) in [5, 5.41) is 0.480. The van der Waals surface area contributed by atoms with Gasteiger partial charge in [-0.25, -0.2) is 9.59 Å². The summed E-state index contributed by atoms with van der Waals surface area (Å²) in [4.78, 5) is 23.4. The van der Waals surface area contributed by atoms with Gasteiger partial charge in [0.05, 0.1) is 17.7 Å². The maximum absolute atomic E-state index is 11.9. The Morgan fingerprint density at radius 2 is 1.64 bits per heavy atom. The quantitative estimate of drug-likeness (QED) is 0.785. The van der Waals surface area contributed by atoms with Crippen molar-refractivity contribution >= 4 is 23.5 Å². The molecule has 2 rings (SSSR count). The lowest BCUT2D eigenvalue weighted by molar-refractivity contribution is 0.0469. The fourth-order valence-corrected chi connectivity index (χ4v) is 1.99. The predicted molar refractivity (Wildman–Crippen MR) is 83.0 cm³/mol. The third-order valence-electron chi connectivity index (χ3n) is 2.90. The van der Waals surface area contributed by atoms with E-state index in [2.05, 4.69) is 0 Å². The fraction of sp³-hybridized carbons (Fsp3) is 0.176. The van der Waals surface area contributed by atoms with Gasteiger partial charge >= 0.3 is 11.9 Å². The van der Waals surface area contributed by atoms with E-state index >= 15 is 0 Å². The van der Waals surface area contributed by atoms with Crippen molar-refractivity contribution in [3.05, 3.63) is 70.2 Å². The van der Waals surface area contributed by atoms with Gasteiger partial charge in [-0.05, 0) is 42.8 Å². The van der Waals surface area contributed by atoms with E-state index < -0.39 is 5.97 Å². The number of hydrogen-bond donors (Lipinski definition) is 0. The first-order valence-electron chi connectivity index (χ1n) is 6.79. The smallest absolute Gasteiger partial charge is 0.338 e. The topological polar surface area (TPSA) is 52.6 Å². The van der Waals surface area contributed by atoms with Crippen molar-refractivity contribution in [3.63, 3.8) is 0 Å². The molecule has 2 aromatic rings. The van der Waals surface area contributed by atoms with Crippen molar-refractivity contribution in [1.82, 2.24) is 0 Å². The Morgan fingerprint density at radius 3 is 2.27 bits per heavy atom. The highest BCUT2D eigenvalue weighted by Crippen LogP contribution is 2.13. The molecule has 0 amide bonds. The molecule has 0 bridgehead atoms. The van der Waals surface area contributed by atoms with Gasteiger partial charge in [-0.2, -0.15) is 0 Å². The first-order chi connectivity index (χ1) is 10.6. The zero-order valence-corrected chi connectivity index (χ0v) is 12.8. The highest BCUT2D eigenvalue weighted by atomic mass is 35.5. The monoisotopic (exact) mass is 318 g/mol. The van der Waals surface area contributed by atoms with Crippen LogP contribution < -0.4 is 0 Å². The summed E-state index contributed by atoms with van der Waals surface area (Å²) in [5.74, 6) is -0.818. The Morgan fingerprint density at radius 1 is 0.955 bits per heavy atom. The molecule has 0 aliphatic heterocycles. The largest absolute Gasteiger partial charge is 0.462 e. The summed E-state index contributed by atoms with van der Waals surface area (Å²) in [5.41, 5.74) is 1.64. The summed E-state index contributed by atoms with van der Waals surface area (Å²) in [6.45, 7) is 2.20.